The smallest absolute Gasteiger partial charge is 0.165 e. The summed E-state index contributed by atoms with van der Waals surface area (Å²) in [5, 5.41) is 0.960. The molecule has 17 heavy (non-hydrogen) atoms. The second kappa shape index (κ2) is 6.39. The lowest BCUT2D eigenvalue weighted by Gasteiger charge is -2.19. The van der Waals surface area contributed by atoms with Crippen molar-refractivity contribution in [3.8, 4) is 5.75 Å². The Morgan fingerprint density at radius 1 is 1.24 bits per heavy atom. The highest BCUT2D eigenvalue weighted by Crippen LogP contribution is 2.27. The molecule has 0 saturated carbocycles. The lowest BCUT2D eigenvalue weighted by atomic mass is 9.87. The van der Waals surface area contributed by atoms with Crippen LogP contribution >= 0.6 is 15.9 Å². The first kappa shape index (κ1) is 14.5. The van der Waals surface area contributed by atoms with Crippen molar-refractivity contribution in [3.63, 3.8) is 0 Å². The Morgan fingerprint density at radius 3 is 2.47 bits per heavy atom. The molecule has 0 aliphatic carbocycles. The van der Waals surface area contributed by atoms with Crippen LogP contribution in [-0.2, 0) is 5.41 Å². The monoisotopic (exact) mass is 302 g/mol. The quantitative estimate of drug-likeness (QED) is 0.567. The molecule has 3 heteroatoms. The van der Waals surface area contributed by atoms with Crippen LogP contribution in [0.5, 0.6) is 5.75 Å². The zero-order chi connectivity index (χ0) is 12.9. The Morgan fingerprint density at radius 2 is 1.94 bits per heavy atom. The van der Waals surface area contributed by atoms with E-state index in [2.05, 4.69) is 36.7 Å². The van der Waals surface area contributed by atoms with Crippen molar-refractivity contribution >= 4 is 15.9 Å². The molecule has 1 rings (SSSR count). The van der Waals surface area contributed by atoms with E-state index in [-0.39, 0.29) is 11.2 Å². The van der Waals surface area contributed by atoms with Gasteiger partial charge in [0, 0.05) is 5.33 Å². The summed E-state index contributed by atoms with van der Waals surface area (Å²) >= 11 is 3.35. The normalized spacial score (nSPS) is 11.6. The first-order valence-corrected chi connectivity index (χ1v) is 7.06. The molecule has 0 amide bonds. The van der Waals surface area contributed by atoms with Gasteiger partial charge in [0.25, 0.3) is 0 Å². The number of ether oxygens (including phenoxy) is 1. The van der Waals surface area contributed by atoms with E-state index >= 15 is 0 Å². The number of hydrogen-bond acceptors (Lipinski definition) is 1. The summed E-state index contributed by atoms with van der Waals surface area (Å²) in [5.41, 5.74) is 0.956. The van der Waals surface area contributed by atoms with E-state index in [0.717, 1.165) is 23.7 Å². The van der Waals surface area contributed by atoms with Crippen molar-refractivity contribution in [2.24, 2.45) is 0 Å². The largest absolute Gasteiger partial charge is 0.491 e. The average Bonchev–Trinajstić information content (AvgIpc) is 2.24. The van der Waals surface area contributed by atoms with E-state index in [4.69, 9.17) is 4.74 Å². The van der Waals surface area contributed by atoms with E-state index in [1.165, 1.54) is 0 Å². The average molecular weight is 303 g/mol. The summed E-state index contributed by atoms with van der Waals surface area (Å²) in [5.74, 6) is 0.0869. The molecule has 0 heterocycles. The lowest BCUT2D eigenvalue weighted by molar-refractivity contribution is 0.294. The van der Waals surface area contributed by atoms with Gasteiger partial charge in [-0.15, -0.1) is 0 Å². The van der Waals surface area contributed by atoms with Crippen LogP contribution in [-0.4, -0.2) is 11.9 Å². The van der Waals surface area contributed by atoms with Crippen LogP contribution in [0.3, 0.4) is 0 Å². The lowest BCUT2D eigenvalue weighted by Crippen LogP contribution is -2.11. The van der Waals surface area contributed by atoms with Crippen LogP contribution in [0.15, 0.2) is 18.2 Å². The molecule has 0 fully saturated rings. The Labute approximate surface area is 111 Å². The number of hydrogen-bond donors (Lipinski definition) is 0. The molecule has 0 bridgehead atoms. The molecule has 0 aliphatic heterocycles. The molecule has 96 valence electrons. The van der Waals surface area contributed by atoms with E-state index in [1.807, 2.05) is 6.07 Å². The van der Waals surface area contributed by atoms with Gasteiger partial charge in [-0.1, -0.05) is 42.8 Å². The minimum Gasteiger partial charge on any atom is -0.491 e. The summed E-state index contributed by atoms with van der Waals surface area (Å²) in [6, 6.07) is 5.23. The highest BCUT2D eigenvalue weighted by molar-refractivity contribution is 9.09. The van der Waals surface area contributed by atoms with E-state index in [1.54, 1.807) is 12.1 Å². The molecule has 0 spiro atoms. The second-order valence-corrected chi connectivity index (χ2v) is 5.93. The maximum Gasteiger partial charge on any atom is 0.165 e. The highest BCUT2D eigenvalue weighted by Gasteiger charge is 2.15. The Kier molecular flexibility index (Phi) is 5.44. The van der Waals surface area contributed by atoms with Gasteiger partial charge >= 0.3 is 0 Å². The highest BCUT2D eigenvalue weighted by atomic mass is 79.9. The second-order valence-electron chi connectivity index (χ2n) is 5.14. The van der Waals surface area contributed by atoms with Crippen molar-refractivity contribution in [3.05, 3.63) is 29.6 Å². The summed E-state index contributed by atoms with van der Waals surface area (Å²) in [7, 11) is 0. The molecule has 1 aromatic rings. The van der Waals surface area contributed by atoms with E-state index in [0.29, 0.717) is 12.4 Å². The van der Waals surface area contributed by atoms with E-state index < -0.39 is 0 Å². The predicted molar refractivity (Wildman–Crippen MR) is 73.6 cm³/mol. The van der Waals surface area contributed by atoms with Crippen LogP contribution < -0.4 is 4.74 Å². The third kappa shape index (κ3) is 4.66. The summed E-state index contributed by atoms with van der Waals surface area (Å²) in [4.78, 5) is 0. The zero-order valence-corrected chi connectivity index (χ0v) is 12.3. The van der Waals surface area contributed by atoms with Crippen LogP contribution in [0, 0.1) is 5.82 Å². The van der Waals surface area contributed by atoms with Gasteiger partial charge in [-0.25, -0.2) is 4.39 Å². The number of unbranched alkanes of at least 4 members (excludes halogenated alkanes) is 1. The molecule has 1 nitrogen and oxygen atoms in total. The van der Waals surface area contributed by atoms with E-state index in [9.17, 15) is 4.39 Å². The van der Waals surface area contributed by atoms with Crippen molar-refractivity contribution in [2.45, 2.75) is 39.0 Å². The van der Waals surface area contributed by atoms with Crippen molar-refractivity contribution in [1.29, 1.82) is 0 Å². The fourth-order valence-corrected chi connectivity index (χ4v) is 1.86. The van der Waals surface area contributed by atoms with Gasteiger partial charge in [-0.2, -0.15) is 0 Å². The van der Waals surface area contributed by atoms with Gasteiger partial charge in [0.1, 0.15) is 0 Å². The van der Waals surface area contributed by atoms with Crippen LogP contribution in [0.25, 0.3) is 0 Å². The number of benzene rings is 1. The third-order valence-electron chi connectivity index (χ3n) is 2.58. The number of rotatable bonds is 5. The van der Waals surface area contributed by atoms with Crippen LogP contribution in [0.1, 0.15) is 39.2 Å². The van der Waals surface area contributed by atoms with Crippen molar-refractivity contribution < 1.29 is 9.13 Å². The maximum absolute atomic E-state index is 13.8. The van der Waals surface area contributed by atoms with Gasteiger partial charge in [0.05, 0.1) is 6.61 Å². The standard InChI is InChI=1S/C14H20BrFO/c1-14(2,3)11-6-7-13(12(16)10-11)17-9-5-4-8-15/h6-7,10H,4-5,8-9H2,1-3H3. The minimum absolute atomic E-state index is 0.0324. The fraction of sp³-hybridized carbons (Fsp3) is 0.571. The third-order valence-corrected chi connectivity index (χ3v) is 3.14. The molecule has 0 saturated heterocycles. The Hall–Kier alpha value is -0.570. The fourth-order valence-electron chi connectivity index (χ4n) is 1.46. The molecule has 0 aliphatic rings. The van der Waals surface area contributed by atoms with Gasteiger partial charge in [-0.3, -0.25) is 0 Å². The predicted octanol–water partition coefficient (Wildman–Crippen LogP) is 4.68. The van der Waals surface area contributed by atoms with Gasteiger partial charge in [-0.05, 0) is 36.0 Å². The van der Waals surface area contributed by atoms with Gasteiger partial charge in [0.15, 0.2) is 11.6 Å². The maximum atomic E-state index is 13.8. The molecule has 0 unspecified atom stereocenters. The summed E-state index contributed by atoms with van der Waals surface area (Å²) in [6.07, 6.45) is 1.98. The van der Waals surface area contributed by atoms with Crippen LogP contribution in [0.2, 0.25) is 0 Å². The summed E-state index contributed by atoms with van der Waals surface area (Å²) < 4.78 is 19.2. The molecule has 0 N–H and O–H groups in total. The molecule has 0 aromatic heterocycles. The van der Waals surface area contributed by atoms with Gasteiger partial charge in [0.2, 0.25) is 0 Å². The molecular weight excluding hydrogens is 283 g/mol. The molecular formula is C14H20BrFO. The van der Waals surface area contributed by atoms with Crippen molar-refractivity contribution in [2.75, 3.05) is 11.9 Å². The molecule has 1 aromatic carbocycles. The zero-order valence-electron chi connectivity index (χ0n) is 10.7. The summed E-state index contributed by atoms with van der Waals surface area (Å²) in [6.45, 7) is 6.77. The number of alkyl halides is 1. The Bertz CT molecular complexity index is 358. The SMILES string of the molecule is CC(C)(C)c1ccc(OCCCCBr)c(F)c1. The molecule has 0 atom stereocenters. The van der Waals surface area contributed by atoms with Crippen molar-refractivity contribution in [1.82, 2.24) is 0 Å². The van der Waals surface area contributed by atoms with Gasteiger partial charge < -0.3 is 4.74 Å². The first-order valence-electron chi connectivity index (χ1n) is 5.94. The minimum atomic E-state index is -0.267. The topological polar surface area (TPSA) is 9.23 Å². The number of halogens is 2. The Balaban J connectivity index is 2.64. The molecule has 0 radical (unpaired) electrons. The van der Waals surface area contributed by atoms with Crippen LogP contribution in [0.4, 0.5) is 4.39 Å². The first-order chi connectivity index (χ1) is 7.95.